The van der Waals surface area contributed by atoms with E-state index in [0.717, 1.165) is 10.9 Å². The number of hydrogen-bond acceptors (Lipinski definition) is 2. The summed E-state index contributed by atoms with van der Waals surface area (Å²) >= 11 is 1.64. The molecule has 0 bridgehead atoms. The summed E-state index contributed by atoms with van der Waals surface area (Å²) in [6.45, 7) is 2.00. The first-order chi connectivity index (χ1) is 6.34. The number of benzene rings is 1. The van der Waals surface area contributed by atoms with Gasteiger partial charge in [0.2, 0.25) is 0 Å². The van der Waals surface area contributed by atoms with Crippen LogP contribution in [0.25, 0.3) is 0 Å². The summed E-state index contributed by atoms with van der Waals surface area (Å²) in [7, 11) is 0. The second kappa shape index (κ2) is 5.61. The van der Waals surface area contributed by atoms with Crippen molar-refractivity contribution < 1.29 is 0 Å². The van der Waals surface area contributed by atoms with Gasteiger partial charge in [-0.2, -0.15) is 0 Å². The predicted molar refractivity (Wildman–Crippen MR) is 59.6 cm³/mol. The van der Waals surface area contributed by atoms with E-state index in [1.165, 1.54) is 4.90 Å². The Morgan fingerprint density at radius 2 is 1.93 bits per heavy atom. The van der Waals surface area contributed by atoms with Crippen LogP contribution >= 0.6 is 11.8 Å². The summed E-state index contributed by atoms with van der Waals surface area (Å²) in [5.41, 5.74) is 1.10. The van der Waals surface area contributed by atoms with Crippen molar-refractivity contribution in [1.82, 2.24) is 9.97 Å². The molecule has 2 aromatic rings. The van der Waals surface area contributed by atoms with Gasteiger partial charge in [0.15, 0.2) is 5.16 Å². The van der Waals surface area contributed by atoms with E-state index < -0.39 is 0 Å². The Balaban J connectivity index is 0.000000980. The van der Waals surface area contributed by atoms with Crippen molar-refractivity contribution >= 4 is 41.3 Å². The van der Waals surface area contributed by atoms with Crippen molar-refractivity contribution in [2.45, 2.75) is 17.0 Å². The third-order valence-corrected chi connectivity index (χ3v) is 2.55. The molecule has 1 heterocycles. The third-order valence-electron chi connectivity index (χ3n) is 1.64. The number of H-pyrrole nitrogens is 1. The number of aromatic nitrogens is 2. The van der Waals surface area contributed by atoms with Gasteiger partial charge in [0.05, 0.1) is 0 Å². The first-order valence-corrected chi connectivity index (χ1v) is 4.91. The second-order valence-corrected chi connectivity index (χ2v) is 3.85. The molecular formula is C10H10N2NaS. The Labute approximate surface area is 110 Å². The van der Waals surface area contributed by atoms with Gasteiger partial charge in [-0.25, -0.2) is 4.98 Å². The molecular weight excluding hydrogens is 203 g/mol. The summed E-state index contributed by atoms with van der Waals surface area (Å²) < 4.78 is 0. The summed E-state index contributed by atoms with van der Waals surface area (Å²) in [5, 5.41) is 0.948. The number of hydrogen-bond donors (Lipinski definition) is 1. The number of nitrogens with zero attached hydrogens (tertiary/aromatic N) is 1. The number of aromatic amines is 1. The Morgan fingerprint density at radius 3 is 2.50 bits per heavy atom. The molecule has 14 heavy (non-hydrogen) atoms. The van der Waals surface area contributed by atoms with Crippen molar-refractivity contribution in [3.63, 3.8) is 0 Å². The fourth-order valence-corrected chi connectivity index (χ4v) is 1.87. The minimum absolute atomic E-state index is 0. The molecule has 0 unspecified atom stereocenters. The molecule has 0 atom stereocenters. The smallest absolute Gasteiger partial charge is 0.170 e. The molecule has 1 aromatic heterocycles. The zero-order valence-corrected chi connectivity index (χ0v) is 11.1. The van der Waals surface area contributed by atoms with Gasteiger partial charge in [0.1, 0.15) is 0 Å². The van der Waals surface area contributed by atoms with Crippen LogP contribution in [0.5, 0.6) is 0 Å². The second-order valence-electron chi connectivity index (χ2n) is 2.79. The number of rotatable bonds is 2. The fourth-order valence-electron chi connectivity index (χ4n) is 1.04. The summed E-state index contributed by atoms with van der Waals surface area (Å²) in [5.74, 6) is 0. The van der Waals surface area contributed by atoms with E-state index in [2.05, 4.69) is 22.1 Å². The van der Waals surface area contributed by atoms with Gasteiger partial charge < -0.3 is 4.98 Å². The molecule has 0 amide bonds. The molecule has 1 radical (unpaired) electrons. The molecule has 0 fully saturated rings. The van der Waals surface area contributed by atoms with E-state index in [4.69, 9.17) is 0 Å². The van der Waals surface area contributed by atoms with Crippen molar-refractivity contribution in [3.8, 4) is 0 Å². The van der Waals surface area contributed by atoms with Gasteiger partial charge in [0, 0.05) is 46.3 Å². The maximum absolute atomic E-state index is 4.22. The van der Waals surface area contributed by atoms with Gasteiger partial charge in [-0.1, -0.05) is 30.0 Å². The minimum atomic E-state index is 0. The average molecular weight is 213 g/mol. The third kappa shape index (κ3) is 3.17. The van der Waals surface area contributed by atoms with E-state index >= 15 is 0 Å². The van der Waals surface area contributed by atoms with E-state index in [-0.39, 0.29) is 29.6 Å². The molecule has 4 heteroatoms. The Kier molecular flexibility index (Phi) is 4.75. The van der Waals surface area contributed by atoms with Crippen LogP contribution in [0.2, 0.25) is 0 Å². The molecule has 0 aliphatic carbocycles. The van der Waals surface area contributed by atoms with Gasteiger partial charge in [-0.3, -0.25) is 0 Å². The van der Waals surface area contributed by atoms with Crippen molar-refractivity contribution in [2.24, 2.45) is 0 Å². The summed E-state index contributed by atoms with van der Waals surface area (Å²) in [6, 6.07) is 10.2. The maximum atomic E-state index is 4.22. The van der Waals surface area contributed by atoms with Crippen LogP contribution in [0.3, 0.4) is 0 Å². The molecule has 0 aliphatic heterocycles. The molecule has 2 nitrogen and oxygen atoms in total. The van der Waals surface area contributed by atoms with Gasteiger partial charge in [-0.05, 0) is 19.1 Å². The van der Waals surface area contributed by atoms with E-state index in [0.29, 0.717) is 0 Å². The average Bonchev–Trinajstić information content (AvgIpc) is 2.53. The molecule has 0 saturated carbocycles. The first kappa shape index (κ1) is 11.9. The molecule has 1 N–H and O–H groups in total. The van der Waals surface area contributed by atoms with E-state index in [1.807, 2.05) is 31.3 Å². The SMILES string of the molecule is Cc1cnc(Sc2ccccc2)[nH]1.[Na]. The van der Waals surface area contributed by atoms with Crippen LogP contribution < -0.4 is 0 Å². The monoisotopic (exact) mass is 213 g/mol. The standard InChI is InChI=1S/C10H10N2S.Na/c1-8-7-11-10(12-8)13-9-5-3-2-4-6-9;/h2-7H,1H3,(H,11,12);. The number of nitrogens with one attached hydrogen (secondary N) is 1. The van der Waals surface area contributed by atoms with Crippen LogP contribution in [0.15, 0.2) is 46.6 Å². The topological polar surface area (TPSA) is 28.7 Å². The number of aryl methyl sites for hydroxylation is 1. The van der Waals surface area contributed by atoms with E-state index in [1.54, 1.807) is 11.8 Å². The Hall–Kier alpha value is -0.220. The van der Waals surface area contributed by atoms with E-state index in [9.17, 15) is 0 Å². The summed E-state index contributed by atoms with van der Waals surface area (Å²) in [4.78, 5) is 8.60. The largest absolute Gasteiger partial charge is 0.337 e. The normalized spacial score (nSPS) is 9.50. The van der Waals surface area contributed by atoms with Crippen LogP contribution in [-0.4, -0.2) is 39.5 Å². The van der Waals surface area contributed by atoms with Gasteiger partial charge >= 0.3 is 0 Å². The minimum Gasteiger partial charge on any atom is -0.337 e. The first-order valence-electron chi connectivity index (χ1n) is 4.09. The molecule has 2 rings (SSSR count). The van der Waals surface area contributed by atoms with Crippen molar-refractivity contribution in [2.75, 3.05) is 0 Å². The predicted octanol–water partition coefficient (Wildman–Crippen LogP) is 2.49. The van der Waals surface area contributed by atoms with Crippen molar-refractivity contribution in [3.05, 3.63) is 42.2 Å². The van der Waals surface area contributed by atoms with Gasteiger partial charge in [0.25, 0.3) is 0 Å². The van der Waals surface area contributed by atoms with Crippen molar-refractivity contribution in [1.29, 1.82) is 0 Å². The molecule has 0 saturated heterocycles. The quantitative estimate of drug-likeness (QED) is 0.776. The van der Waals surface area contributed by atoms with Gasteiger partial charge in [-0.15, -0.1) is 0 Å². The molecule has 0 aliphatic rings. The van der Waals surface area contributed by atoms with Crippen LogP contribution in [-0.2, 0) is 0 Å². The molecule has 67 valence electrons. The van der Waals surface area contributed by atoms with Crippen LogP contribution in [0.4, 0.5) is 0 Å². The Morgan fingerprint density at radius 1 is 1.21 bits per heavy atom. The van der Waals surface area contributed by atoms with Crippen LogP contribution in [0.1, 0.15) is 5.69 Å². The number of imidazole rings is 1. The molecule has 0 spiro atoms. The fraction of sp³-hybridized carbons (Fsp3) is 0.100. The van der Waals surface area contributed by atoms with Crippen LogP contribution in [0, 0.1) is 6.92 Å². The summed E-state index contributed by atoms with van der Waals surface area (Å²) in [6.07, 6.45) is 1.84. The molecule has 1 aromatic carbocycles. The zero-order valence-electron chi connectivity index (χ0n) is 8.32. The Bertz CT molecular complexity index is 386. The maximum Gasteiger partial charge on any atom is 0.170 e. The zero-order chi connectivity index (χ0) is 9.10.